The molecular weight excluding hydrogens is 166 g/mol. The molecule has 3 heteroatoms. The van der Waals surface area contributed by atoms with Gasteiger partial charge in [-0.2, -0.15) is 0 Å². The number of likely N-dealkylation sites (tertiary alicyclic amines) is 1. The van der Waals surface area contributed by atoms with Crippen LogP contribution in [0.1, 0.15) is 38.5 Å². The molecule has 1 N–H and O–H groups in total. The molecule has 0 spiro atoms. The van der Waals surface area contributed by atoms with Crippen molar-refractivity contribution in [3.8, 4) is 0 Å². The summed E-state index contributed by atoms with van der Waals surface area (Å²) < 4.78 is 0. The Balaban J connectivity index is 1.95. The summed E-state index contributed by atoms with van der Waals surface area (Å²) in [4.78, 5) is 12.7. The summed E-state index contributed by atoms with van der Waals surface area (Å²) in [5.74, 6) is -0.668. The summed E-state index contributed by atoms with van der Waals surface area (Å²) in [5, 5.41) is 8.44. The lowest BCUT2D eigenvalue weighted by molar-refractivity contribution is -0.137. The van der Waals surface area contributed by atoms with Gasteiger partial charge in [-0.05, 0) is 45.3 Å². The van der Waals surface area contributed by atoms with Crippen LogP contribution in [0.3, 0.4) is 0 Å². The van der Waals surface area contributed by atoms with E-state index >= 15 is 0 Å². The molecular formula is C10H19NO2. The number of unbranched alkanes of at least 4 members (excludes halogenated alkanes) is 1. The number of piperidine rings is 1. The second kappa shape index (κ2) is 5.97. The topological polar surface area (TPSA) is 40.5 Å². The van der Waals surface area contributed by atoms with Crippen molar-refractivity contribution in [3.05, 3.63) is 0 Å². The van der Waals surface area contributed by atoms with E-state index in [9.17, 15) is 4.79 Å². The molecule has 1 heterocycles. The number of hydrogen-bond donors (Lipinski definition) is 1. The van der Waals surface area contributed by atoms with Crippen molar-refractivity contribution in [2.45, 2.75) is 38.5 Å². The SMILES string of the molecule is O=C(O)CCCCN1CCCCC1. The summed E-state index contributed by atoms with van der Waals surface area (Å²) in [6.07, 6.45) is 6.19. The van der Waals surface area contributed by atoms with Crippen LogP contribution in [0.4, 0.5) is 0 Å². The lowest BCUT2D eigenvalue weighted by Gasteiger charge is -2.26. The van der Waals surface area contributed by atoms with Crippen LogP contribution in [0, 0.1) is 0 Å². The van der Waals surface area contributed by atoms with Crippen molar-refractivity contribution < 1.29 is 9.90 Å². The van der Waals surface area contributed by atoms with Gasteiger partial charge in [-0.3, -0.25) is 4.79 Å². The smallest absolute Gasteiger partial charge is 0.303 e. The quantitative estimate of drug-likeness (QED) is 0.663. The highest BCUT2D eigenvalue weighted by Crippen LogP contribution is 2.09. The Morgan fingerprint density at radius 2 is 1.85 bits per heavy atom. The van der Waals surface area contributed by atoms with E-state index in [-0.39, 0.29) is 0 Å². The number of nitrogens with zero attached hydrogens (tertiary/aromatic N) is 1. The monoisotopic (exact) mass is 185 g/mol. The van der Waals surface area contributed by atoms with Crippen molar-refractivity contribution in [1.82, 2.24) is 4.90 Å². The molecule has 0 saturated carbocycles. The van der Waals surface area contributed by atoms with E-state index in [0.29, 0.717) is 6.42 Å². The molecule has 0 atom stereocenters. The van der Waals surface area contributed by atoms with Crippen LogP contribution in [0.15, 0.2) is 0 Å². The van der Waals surface area contributed by atoms with Crippen LogP contribution in [0.25, 0.3) is 0 Å². The van der Waals surface area contributed by atoms with E-state index in [1.807, 2.05) is 0 Å². The summed E-state index contributed by atoms with van der Waals surface area (Å²) >= 11 is 0. The lowest BCUT2D eigenvalue weighted by Crippen LogP contribution is -2.30. The number of aliphatic carboxylic acids is 1. The number of carbonyl (C=O) groups is 1. The Labute approximate surface area is 79.7 Å². The third-order valence-electron chi connectivity index (χ3n) is 2.56. The van der Waals surface area contributed by atoms with Crippen LogP contribution >= 0.6 is 0 Å². The first-order valence-corrected chi connectivity index (χ1v) is 5.23. The molecule has 0 bridgehead atoms. The first kappa shape index (κ1) is 10.5. The molecule has 1 rings (SSSR count). The summed E-state index contributed by atoms with van der Waals surface area (Å²) in [5.41, 5.74) is 0. The third-order valence-corrected chi connectivity index (χ3v) is 2.56. The molecule has 0 amide bonds. The van der Waals surface area contributed by atoms with Gasteiger partial charge in [0.2, 0.25) is 0 Å². The number of hydrogen-bond acceptors (Lipinski definition) is 2. The zero-order valence-corrected chi connectivity index (χ0v) is 8.17. The van der Waals surface area contributed by atoms with Gasteiger partial charge < -0.3 is 10.0 Å². The largest absolute Gasteiger partial charge is 0.481 e. The van der Waals surface area contributed by atoms with E-state index in [1.165, 1.54) is 32.4 Å². The minimum absolute atomic E-state index is 0.327. The molecule has 0 aromatic rings. The number of rotatable bonds is 5. The van der Waals surface area contributed by atoms with E-state index in [0.717, 1.165) is 19.4 Å². The van der Waals surface area contributed by atoms with Gasteiger partial charge in [-0.15, -0.1) is 0 Å². The number of carboxylic acids is 1. The zero-order valence-electron chi connectivity index (χ0n) is 8.17. The van der Waals surface area contributed by atoms with Gasteiger partial charge in [0, 0.05) is 6.42 Å². The maximum atomic E-state index is 10.2. The van der Waals surface area contributed by atoms with Gasteiger partial charge in [-0.25, -0.2) is 0 Å². The minimum atomic E-state index is -0.668. The van der Waals surface area contributed by atoms with Crippen LogP contribution < -0.4 is 0 Å². The highest BCUT2D eigenvalue weighted by molar-refractivity contribution is 5.66. The summed E-state index contributed by atoms with van der Waals surface area (Å²) in [6.45, 7) is 3.52. The molecule has 1 aliphatic heterocycles. The van der Waals surface area contributed by atoms with Crippen LogP contribution in [0.2, 0.25) is 0 Å². The van der Waals surface area contributed by atoms with Crippen molar-refractivity contribution >= 4 is 5.97 Å². The molecule has 0 unspecified atom stereocenters. The summed E-state index contributed by atoms with van der Waals surface area (Å²) in [6, 6.07) is 0. The zero-order chi connectivity index (χ0) is 9.52. The second-order valence-electron chi connectivity index (χ2n) is 3.75. The molecule has 13 heavy (non-hydrogen) atoms. The van der Waals surface area contributed by atoms with Crippen molar-refractivity contribution in [3.63, 3.8) is 0 Å². The standard InChI is InChI=1S/C10H19NO2/c12-10(13)6-2-5-9-11-7-3-1-4-8-11/h1-9H2,(H,12,13). The van der Waals surface area contributed by atoms with Gasteiger partial charge >= 0.3 is 5.97 Å². The van der Waals surface area contributed by atoms with Gasteiger partial charge in [0.15, 0.2) is 0 Å². The Hall–Kier alpha value is -0.570. The Morgan fingerprint density at radius 1 is 1.15 bits per heavy atom. The van der Waals surface area contributed by atoms with E-state index in [2.05, 4.69) is 4.90 Å². The number of carboxylic acid groups (broad SMARTS) is 1. The van der Waals surface area contributed by atoms with Gasteiger partial charge in [0.1, 0.15) is 0 Å². The van der Waals surface area contributed by atoms with Crippen LogP contribution in [-0.2, 0) is 4.79 Å². The Bertz CT molecular complexity index is 153. The van der Waals surface area contributed by atoms with Gasteiger partial charge in [0.25, 0.3) is 0 Å². The molecule has 0 aliphatic carbocycles. The Morgan fingerprint density at radius 3 is 2.46 bits per heavy atom. The molecule has 3 nitrogen and oxygen atoms in total. The Kier molecular flexibility index (Phi) is 4.83. The minimum Gasteiger partial charge on any atom is -0.481 e. The first-order chi connectivity index (χ1) is 6.29. The normalized spacial score (nSPS) is 18.8. The molecule has 1 fully saturated rings. The van der Waals surface area contributed by atoms with Crippen molar-refractivity contribution in [2.75, 3.05) is 19.6 Å². The van der Waals surface area contributed by atoms with Crippen LogP contribution in [-0.4, -0.2) is 35.6 Å². The summed E-state index contributed by atoms with van der Waals surface area (Å²) in [7, 11) is 0. The highest BCUT2D eigenvalue weighted by Gasteiger charge is 2.08. The van der Waals surface area contributed by atoms with Crippen molar-refractivity contribution in [2.24, 2.45) is 0 Å². The second-order valence-corrected chi connectivity index (χ2v) is 3.75. The van der Waals surface area contributed by atoms with E-state index in [4.69, 9.17) is 5.11 Å². The maximum absolute atomic E-state index is 10.2. The fraction of sp³-hybridized carbons (Fsp3) is 0.900. The predicted octanol–water partition coefficient (Wildman–Crippen LogP) is 1.73. The molecule has 0 radical (unpaired) electrons. The maximum Gasteiger partial charge on any atom is 0.303 e. The first-order valence-electron chi connectivity index (χ1n) is 5.23. The lowest BCUT2D eigenvalue weighted by atomic mass is 10.1. The van der Waals surface area contributed by atoms with Crippen molar-refractivity contribution in [1.29, 1.82) is 0 Å². The highest BCUT2D eigenvalue weighted by atomic mass is 16.4. The van der Waals surface area contributed by atoms with Crippen LogP contribution in [0.5, 0.6) is 0 Å². The van der Waals surface area contributed by atoms with E-state index in [1.54, 1.807) is 0 Å². The van der Waals surface area contributed by atoms with Gasteiger partial charge in [-0.1, -0.05) is 6.42 Å². The molecule has 0 aromatic heterocycles. The average Bonchev–Trinajstić information content (AvgIpc) is 2.14. The van der Waals surface area contributed by atoms with E-state index < -0.39 is 5.97 Å². The molecule has 76 valence electrons. The molecule has 1 saturated heterocycles. The van der Waals surface area contributed by atoms with Gasteiger partial charge in [0.05, 0.1) is 0 Å². The predicted molar refractivity (Wildman–Crippen MR) is 51.8 cm³/mol. The molecule has 1 aliphatic rings. The molecule has 0 aromatic carbocycles. The average molecular weight is 185 g/mol. The third kappa shape index (κ3) is 4.88. The fourth-order valence-corrected chi connectivity index (χ4v) is 1.79. The fourth-order valence-electron chi connectivity index (χ4n) is 1.79.